The van der Waals surface area contributed by atoms with Crippen LogP contribution in [0.4, 0.5) is 18.9 Å². The Morgan fingerprint density at radius 1 is 1.17 bits per heavy atom. The Balaban J connectivity index is 1.77. The molecule has 0 amide bonds. The summed E-state index contributed by atoms with van der Waals surface area (Å²) in [6.07, 6.45) is -0.511. The van der Waals surface area contributed by atoms with Crippen molar-refractivity contribution in [3.8, 4) is 6.07 Å². The van der Waals surface area contributed by atoms with Crippen LogP contribution in [0, 0.1) is 11.3 Å². The van der Waals surface area contributed by atoms with Gasteiger partial charge in [0.2, 0.25) is 0 Å². The van der Waals surface area contributed by atoms with E-state index in [0.717, 1.165) is 35.0 Å². The number of hydrogen-bond acceptors (Lipinski definition) is 6. The summed E-state index contributed by atoms with van der Waals surface area (Å²) in [6.45, 7) is 0. The lowest BCUT2D eigenvalue weighted by Gasteiger charge is -2.08. The quantitative estimate of drug-likeness (QED) is 0.434. The molecule has 0 bridgehead atoms. The molecule has 0 unspecified atom stereocenters. The van der Waals surface area contributed by atoms with Crippen molar-refractivity contribution in [2.75, 3.05) is 5.32 Å². The number of halogens is 5. The first-order valence-corrected chi connectivity index (χ1v) is 10.1. The fraction of sp³-hybridized carbons (Fsp3) is 0.0556. The molecule has 11 heteroatoms. The second-order valence-corrected chi connectivity index (χ2v) is 8.06. The Morgan fingerprint density at radius 3 is 2.52 bits per heavy atom. The number of nitrogens with zero attached hydrogens (tertiary/aromatic N) is 3. The second-order valence-electron chi connectivity index (χ2n) is 5.43. The fourth-order valence-corrected chi connectivity index (χ4v) is 4.15. The van der Waals surface area contributed by atoms with Crippen LogP contribution in [0.5, 0.6) is 0 Å². The number of nitrogens with one attached hydrogen (secondary N) is 1. The van der Waals surface area contributed by atoms with Gasteiger partial charge in [-0.1, -0.05) is 23.2 Å². The summed E-state index contributed by atoms with van der Waals surface area (Å²) < 4.78 is 42.4. The van der Waals surface area contributed by atoms with Gasteiger partial charge < -0.3 is 5.32 Å². The summed E-state index contributed by atoms with van der Waals surface area (Å²) >= 11 is 13.8. The third-order valence-corrected chi connectivity index (χ3v) is 6.04. The van der Waals surface area contributed by atoms with Crippen LogP contribution < -0.4 is 5.32 Å². The van der Waals surface area contributed by atoms with Crippen molar-refractivity contribution in [3.63, 3.8) is 0 Å². The molecule has 4 nitrogen and oxygen atoms in total. The molecule has 2 heterocycles. The number of rotatable bonds is 5. The maximum absolute atomic E-state index is 12.7. The summed E-state index contributed by atoms with van der Waals surface area (Å²) in [7, 11) is 0. The maximum Gasteiger partial charge on any atom is 0.417 e. The molecule has 0 saturated carbocycles. The molecule has 1 aromatic carbocycles. The number of pyridine rings is 1. The highest BCUT2D eigenvalue weighted by molar-refractivity contribution is 7.99. The van der Waals surface area contributed by atoms with Gasteiger partial charge in [-0.15, -0.1) is 0 Å². The predicted octanol–water partition coefficient (Wildman–Crippen LogP) is 6.97. The van der Waals surface area contributed by atoms with E-state index in [1.54, 1.807) is 36.5 Å². The summed E-state index contributed by atoms with van der Waals surface area (Å²) in [6, 6.07) is 9.92. The van der Waals surface area contributed by atoms with E-state index >= 15 is 0 Å². The van der Waals surface area contributed by atoms with Crippen LogP contribution in [0.2, 0.25) is 10.0 Å². The zero-order chi connectivity index (χ0) is 21.0. The minimum atomic E-state index is -4.53. The molecule has 0 aliphatic rings. The number of alkyl halides is 3. The Morgan fingerprint density at radius 2 is 1.90 bits per heavy atom. The van der Waals surface area contributed by atoms with Gasteiger partial charge in [-0.25, -0.2) is 4.98 Å². The van der Waals surface area contributed by atoms with E-state index in [0.29, 0.717) is 21.1 Å². The topological polar surface area (TPSA) is 61.6 Å². The van der Waals surface area contributed by atoms with E-state index in [-0.39, 0.29) is 15.6 Å². The Labute approximate surface area is 182 Å². The largest absolute Gasteiger partial charge is 0.417 e. The van der Waals surface area contributed by atoms with Crippen LogP contribution in [0.25, 0.3) is 6.08 Å². The minimum absolute atomic E-state index is 0.135. The SMILES string of the molecule is N#Cc1c(Sc2ncc(C(F)(F)F)cc2Cl)nsc1/C=C/Nc1ccc(Cl)cc1. The van der Waals surface area contributed by atoms with Gasteiger partial charge in [0.1, 0.15) is 21.7 Å². The zero-order valence-electron chi connectivity index (χ0n) is 14.2. The van der Waals surface area contributed by atoms with E-state index in [1.807, 2.05) is 0 Å². The fourth-order valence-electron chi connectivity index (χ4n) is 2.08. The van der Waals surface area contributed by atoms with Gasteiger partial charge in [0.05, 0.1) is 15.5 Å². The van der Waals surface area contributed by atoms with Gasteiger partial charge >= 0.3 is 6.18 Å². The zero-order valence-corrected chi connectivity index (χ0v) is 17.3. The van der Waals surface area contributed by atoms with E-state index in [2.05, 4.69) is 20.7 Å². The third-order valence-electron chi connectivity index (χ3n) is 3.46. The van der Waals surface area contributed by atoms with Gasteiger partial charge in [-0.3, -0.25) is 0 Å². The maximum atomic E-state index is 12.7. The normalized spacial score (nSPS) is 11.6. The van der Waals surface area contributed by atoms with Crippen LogP contribution in [0.1, 0.15) is 16.0 Å². The summed E-state index contributed by atoms with van der Waals surface area (Å²) in [5, 5.41) is 13.4. The Hall–Kier alpha value is -2.25. The molecule has 0 aliphatic carbocycles. The molecule has 0 fully saturated rings. The molecule has 0 saturated heterocycles. The van der Waals surface area contributed by atoms with Crippen molar-refractivity contribution < 1.29 is 13.2 Å². The highest BCUT2D eigenvalue weighted by Crippen LogP contribution is 2.38. The summed E-state index contributed by atoms with van der Waals surface area (Å²) in [5.74, 6) is 0. The molecule has 29 heavy (non-hydrogen) atoms. The highest BCUT2D eigenvalue weighted by atomic mass is 35.5. The predicted molar refractivity (Wildman–Crippen MR) is 109 cm³/mol. The van der Waals surface area contributed by atoms with E-state index in [9.17, 15) is 18.4 Å². The van der Waals surface area contributed by atoms with Crippen molar-refractivity contribution in [1.29, 1.82) is 5.26 Å². The van der Waals surface area contributed by atoms with Gasteiger partial charge in [-0.05, 0) is 59.7 Å². The molecule has 3 aromatic rings. The molecule has 2 aromatic heterocycles. The first kappa shape index (κ1) is 21.5. The van der Waals surface area contributed by atoms with Gasteiger partial charge in [0.25, 0.3) is 0 Å². The molecule has 3 rings (SSSR count). The molecular formula is C18H9Cl2F3N4S2. The van der Waals surface area contributed by atoms with Crippen LogP contribution in [0.3, 0.4) is 0 Å². The lowest BCUT2D eigenvalue weighted by molar-refractivity contribution is -0.137. The lowest BCUT2D eigenvalue weighted by Crippen LogP contribution is -2.05. The Bertz CT molecular complexity index is 1090. The van der Waals surface area contributed by atoms with Crippen molar-refractivity contribution in [3.05, 3.63) is 68.8 Å². The standard InChI is InChI=1S/C18H9Cl2F3N4S2/c19-11-1-3-12(4-2-11)25-6-5-15-13(8-24)16(27-29-15)28-17-14(20)7-10(9-26-17)18(21,22)23/h1-7,9,25H/b6-5+. The average Bonchev–Trinajstić information content (AvgIpc) is 3.05. The number of nitriles is 1. The van der Waals surface area contributed by atoms with Gasteiger partial charge in [0.15, 0.2) is 0 Å². The Kier molecular flexibility index (Phi) is 6.70. The average molecular weight is 473 g/mol. The number of anilines is 1. The minimum Gasteiger partial charge on any atom is -0.362 e. The summed E-state index contributed by atoms with van der Waals surface area (Å²) in [4.78, 5) is 4.34. The monoisotopic (exact) mass is 472 g/mol. The molecule has 0 aliphatic heterocycles. The van der Waals surface area contributed by atoms with Crippen molar-refractivity contribution >= 4 is 58.3 Å². The van der Waals surface area contributed by atoms with Crippen LogP contribution in [-0.4, -0.2) is 9.36 Å². The summed E-state index contributed by atoms with van der Waals surface area (Å²) in [5.41, 5.74) is 0.151. The smallest absolute Gasteiger partial charge is 0.362 e. The van der Waals surface area contributed by atoms with E-state index < -0.39 is 11.7 Å². The first-order chi connectivity index (χ1) is 13.8. The molecule has 148 valence electrons. The van der Waals surface area contributed by atoms with Crippen LogP contribution in [0.15, 0.2) is 52.8 Å². The molecule has 0 radical (unpaired) electrons. The van der Waals surface area contributed by atoms with Crippen molar-refractivity contribution in [2.24, 2.45) is 0 Å². The molecule has 0 spiro atoms. The number of aromatic nitrogens is 2. The molecule has 1 N–H and O–H groups in total. The van der Waals surface area contributed by atoms with Gasteiger partial charge in [-0.2, -0.15) is 22.8 Å². The third kappa shape index (κ3) is 5.42. The lowest BCUT2D eigenvalue weighted by atomic mass is 10.3. The highest BCUT2D eigenvalue weighted by Gasteiger charge is 2.31. The molecule has 0 atom stereocenters. The van der Waals surface area contributed by atoms with Gasteiger partial charge in [0, 0.05) is 23.1 Å². The van der Waals surface area contributed by atoms with E-state index in [4.69, 9.17) is 23.2 Å². The van der Waals surface area contributed by atoms with Crippen molar-refractivity contribution in [1.82, 2.24) is 9.36 Å². The first-order valence-electron chi connectivity index (χ1n) is 7.77. The second kappa shape index (κ2) is 9.05. The van der Waals surface area contributed by atoms with Crippen LogP contribution >= 0.6 is 46.5 Å². The number of hydrogen-bond donors (Lipinski definition) is 1. The molecular weight excluding hydrogens is 464 g/mol. The van der Waals surface area contributed by atoms with Crippen LogP contribution in [-0.2, 0) is 6.18 Å². The van der Waals surface area contributed by atoms with Crippen molar-refractivity contribution in [2.45, 2.75) is 16.2 Å². The number of benzene rings is 1. The van der Waals surface area contributed by atoms with E-state index in [1.165, 1.54) is 0 Å².